The average Bonchev–Trinajstić information content (AvgIpc) is 2.54. The van der Waals surface area contributed by atoms with E-state index in [9.17, 15) is 9.59 Å². The zero-order valence-electron chi connectivity index (χ0n) is 15.7. The molecule has 0 saturated heterocycles. The zero-order chi connectivity index (χ0) is 18.8. The second-order valence-corrected chi connectivity index (χ2v) is 7.15. The molecule has 146 valence electrons. The van der Waals surface area contributed by atoms with Gasteiger partial charge in [-0.05, 0) is 31.5 Å². The number of ether oxygens (including phenoxy) is 1. The molecule has 7 nitrogen and oxygen atoms in total. The number of benzene rings is 1. The first-order valence-electron chi connectivity index (χ1n) is 8.49. The van der Waals surface area contributed by atoms with Gasteiger partial charge in [0.2, 0.25) is 5.91 Å². The van der Waals surface area contributed by atoms with Gasteiger partial charge in [-0.25, -0.2) is 4.79 Å². The predicted molar refractivity (Wildman–Crippen MR) is 104 cm³/mol. The molecule has 1 aromatic carbocycles. The molecule has 3 atom stereocenters. The molecule has 1 aliphatic carbocycles. The molecule has 1 aliphatic rings. The number of urea groups is 1. The van der Waals surface area contributed by atoms with Crippen LogP contribution in [0.2, 0.25) is 0 Å². The van der Waals surface area contributed by atoms with E-state index in [2.05, 4.69) is 10.6 Å². The lowest BCUT2D eigenvalue weighted by Crippen LogP contribution is -2.75. The largest absolute Gasteiger partial charge is 0.378 e. The van der Waals surface area contributed by atoms with Crippen molar-refractivity contribution in [2.75, 3.05) is 11.9 Å². The topological polar surface area (TPSA) is 119 Å². The number of halogens is 1. The van der Waals surface area contributed by atoms with Gasteiger partial charge in [-0.15, -0.1) is 12.4 Å². The summed E-state index contributed by atoms with van der Waals surface area (Å²) < 4.78 is 5.67. The first-order valence-corrected chi connectivity index (χ1v) is 8.49. The molecule has 1 saturated carbocycles. The molecule has 1 aromatic rings. The quantitative estimate of drug-likeness (QED) is 0.601. The number of hydrogen-bond acceptors (Lipinski definition) is 4. The Bertz CT molecular complexity index is 650. The maximum Gasteiger partial charge on any atom is 0.316 e. The van der Waals surface area contributed by atoms with Crippen molar-refractivity contribution in [1.82, 2.24) is 5.32 Å². The molecule has 3 amide bonds. The Balaban J connectivity index is 0.00000338. The summed E-state index contributed by atoms with van der Waals surface area (Å²) in [5.41, 5.74) is 11.6. The van der Waals surface area contributed by atoms with Crippen LogP contribution in [-0.4, -0.2) is 30.2 Å². The lowest BCUT2D eigenvalue weighted by molar-refractivity contribution is -0.171. The fourth-order valence-corrected chi connectivity index (χ4v) is 3.23. The molecular formula is C18H29ClN4O3. The van der Waals surface area contributed by atoms with Crippen LogP contribution >= 0.6 is 12.4 Å². The number of nitrogens with one attached hydrogen (secondary N) is 2. The van der Waals surface area contributed by atoms with E-state index in [1.807, 2.05) is 39.8 Å². The minimum absolute atomic E-state index is 0. The van der Waals surface area contributed by atoms with Crippen molar-refractivity contribution in [3.63, 3.8) is 0 Å². The molecule has 0 bridgehead atoms. The van der Waals surface area contributed by atoms with Gasteiger partial charge in [-0.3, -0.25) is 4.79 Å². The van der Waals surface area contributed by atoms with Crippen LogP contribution in [0.15, 0.2) is 24.3 Å². The minimum Gasteiger partial charge on any atom is -0.378 e. The third-order valence-electron chi connectivity index (χ3n) is 5.26. The number of nitrogens with two attached hydrogens (primary N) is 2. The maximum atomic E-state index is 12.7. The average molecular weight is 385 g/mol. The lowest BCUT2D eigenvalue weighted by atomic mass is 9.54. The minimum atomic E-state index is -0.950. The molecule has 0 spiro atoms. The number of hydrogen-bond donors (Lipinski definition) is 4. The van der Waals surface area contributed by atoms with Crippen molar-refractivity contribution in [2.45, 2.75) is 51.8 Å². The number of anilines is 1. The van der Waals surface area contributed by atoms with E-state index in [0.717, 1.165) is 5.56 Å². The highest BCUT2D eigenvalue weighted by molar-refractivity contribution is 5.89. The van der Waals surface area contributed by atoms with E-state index in [-0.39, 0.29) is 30.5 Å². The van der Waals surface area contributed by atoms with E-state index in [4.69, 9.17) is 16.2 Å². The fourth-order valence-electron chi connectivity index (χ4n) is 3.23. The molecule has 0 heterocycles. The molecule has 8 heteroatoms. The SMILES string of the molecule is CCOC1CC(N)(C(=O)NC(C)c2ccc(NC(N)=O)cc2)C1(C)C.Cl. The van der Waals surface area contributed by atoms with Crippen LogP contribution in [0.1, 0.15) is 45.7 Å². The second-order valence-electron chi connectivity index (χ2n) is 7.15. The van der Waals surface area contributed by atoms with Gasteiger partial charge in [-0.2, -0.15) is 0 Å². The van der Waals surface area contributed by atoms with Gasteiger partial charge in [0.1, 0.15) is 5.54 Å². The van der Waals surface area contributed by atoms with Crippen LogP contribution in [0.25, 0.3) is 0 Å². The van der Waals surface area contributed by atoms with Gasteiger partial charge in [0.05, 0.1) is 12.1 Å². The number of amides is 3. The van der Waals surface area contributed by atoms with E-state index in [1.54, 1.807) is 12.1 Å². The van der Waals surface area contributed by atoms with E-state index >= 15 is 0 Å². The standard InChI is InChI=1S/C18H28N4O3.ClH/c1-5-25-14-10-18(20,17(14,3)4)15(23)21-11(2)12-6-8-13(9-7-12)22-16(19)24;/h6-9,11,14H,5,10,20H2,1-4H3,(H,21,23)(H3,19,22,24);1H. The van der Waals surface area contributed by atoms with Gasteiger partial charge >= 0.3 is 6.03 Å². The van der Waals surface area contributed by atoms with Gasteiger partial charge in [0, 0.05) is 24.1 Å². The Morgan fingerprint density at radius 1 is 1.31 bits per heavy atom. The Labute approximate surface area is 160 Å². The molecule has 26 heavy (non-hydrogen) atoms. The van der Waals surface area contributed by atoms with Crippen molar-refractivity contribution in [3.05, 3.63) is 29.8 Å². The molecule has 3 unspecified atom stereocenters. The van der Waals surface area contributed by atoms with Crippen LogP contribution in [0.3, 0.4) is 0 Å². The highest BCUT2D eigenvalue weighted by atomic mass is 35.5. The first kappa shape index (κ1) is 22.2. The van der Waals surface area contributed by atoms with Gasteiger partial charge in [0.25, 0.3) is 0 Å². The van der Waals surface area contributed by atoms with Crippen molar-refractivity contribution in [2.24, 2.45) is 16.9 Å². The second kappa shape index (κ2) is 8.24. The van der Waals surface area contributed by atoms with Crippen LogP contribution in [0.5, 0.6) is 0 Å². The number of rotatable bonds is 6. The van der Waals surface area contributed by atoms with E-state index in [0.29, 0.717) is 18.7 Å². The van der Waals surface area contributed by atoms with Gasteiger partial charge in [0.15, 0.2) is 0 Å². The molecule has 6 N–H and O–H groups in total. The van der Waals surface area contributed by atoms with E-state index < -0.39 is 17.0 Å². The molecule has 0 aliphatic heterocycles. The summed E-state index contributed by atoms with van der Waals surface area (Å²) in [6, 6.07) is 6.30. The highest BCUT2D eigenvalue weighted by Crippen LogP contribution is 2.50. The molecular weight excluding hydrogens is 356 g/mol. The third-order valence-corrected chi connectivity index (χ3v) is 5.26. The summed E-state index contributed by atoms with van der Waals surface area (Å²) in [4.78, 5) is 23.6. The Morgan fingerprint density at radius 3 is 2.35 bits per heavy atom. The summed E-state index contributed by atoms with van der Waals surface area (Å²) in [5, 5.41) is 5.48. The monoisotopic (exact) mass is 384 g/mol. The van der Waals surface area contributed by atoms with E-state index in [1.165, 1.54) is 0 Å². The van der Waals surface area contributed by atoms with Crippen LogP contribution in [0.4, 0.5) is 10.5 Å². The van der Waals surface area contributed by atoms with Crippen molar-refractivity contribution < 1.29 is 14.3 Å². The normalized spacial score (nSPS) is 24.6. The smallest absolute Gasteiger partial charge is 0.316 e. The highest BCUT2D eigenvalue weighted by Gasteiger charge is 2.62. The summed E-state index contributed by atoms with van der Waals surface area (Å²) >= 11 is 0. The lowest BCUT2D eigenvalue weighted by Gasteiger charge is -2.57. The van der Waals surface area contributed by atoms with Gasteiger partial charge < -0.3 is 26.8 Å². The molecule has 0 radical (unpaired) electrons. The molecule has 0 aromatic heterocycles. The number of carbonyl (C=O) groups is 2. The zero-order valence-corrected chi connectivity index (χ0v) is 16.5. The number of primary amides is 1. The Hall–Kier alpha value is -1.83. The van der Waals surface area contributed by atoms with Crippen LogP contribution in [-0.2, 0) is 9.53 Å². The van der Waals surface area contributed by atoms with Crippen molar-refractivity contribution in [1.29, 1.82) is 0 Å². The predicted octanol–water partition coefficient (Wildman–Crippen LogP) is 2.31. The Morgan fingerprint density at radius 2 is 1.88 bits per heavy atom. The molecule has 1 fully saturated rings. The maximum absolute atomic E-state index is 12.7. The first-order chi connectivity index (χ1) is 11.6. The van der Waals surface area contributed by atoms with Crippen LogP contribution in [0, 0.1) is 5.41 Å². The van der Waals surface area contributed by atoms with Crippen molar-refractivity contribution in [3.8, 4) is 0 Å². The Kier molecular flexibility index (Phi) is 7.04. The summed E-state index contributed by atoms with van der Waals surface area (Å²) in [7, 11) is 0. The third kappa shape index (κ3) is 4.11. The number of carbonyl (C=O) groups excluding carboxylic acids is 2. The summed E-state index contributed by atoms with van der Waals surface area (Å²) in [6.07, 6.45) is 0.496. The fraction of sp³-hybridized carbons (Fsp3) is 0.556. The van der Waals surface area contributed by atoms with Gasteiger partial charge in [-0.1, -0.05) is 26.0 Å². The summed E-state index contributed by atoms with van der Waals surface area (Å²) in [5.74, 6) is -0.180. The molecule has 2 rings (SSSR count). The van der Waals surface area contributed by atoms with Crippen LogP contribution < -0.4 is 22.1 Å². The van der Waals surface area contributed by atoms with Crippen molar-refractivity contribution >= 4 is 30.0 Å². The summed E-state index contributed by atoms with van der Waals surface area (Å²) in [6.45, 7) is 8.36.